The summed E-state index contributed by atoms with van der Waals surface area (Å²) in [5, 5.41) is 7.68. The number of aromatic nitrogens is 2. The van der Waals surface area contributed by atoms with E-state index in [0.717, 1.165) is 44.0 Å². The van der Waals surface area contributed by atoms with Gasteiger partial charge >= 0.3 is 0 Å². The molecule has 148 valence electrons. The lowest BCUT2D eigenvalue weighted by molar-refractivity contribution is 0.486. The molecule has 1 aliphatic heterocycles. The van der Waals surface area contributed by atoms with Gasteiger partial charge in [-0.3, -0.25) is 9.67 Å². The van der Waals surface area contributed by atoms with Crippen molar-refractivity contribution in [1.82, 2.24) is 20.0 Å². The fourth-order valence-electron chi connectivity index (χ4n) is 3.29. The third kappa shape index (κ3) is 5.91. The minimum absolute atomic E-state index is 0. The van der Waals surface area contributed by atoms with Crippen molar-refractivity contribution in [2.24, 2.45) is 12.0 Å². The van der Waals surface area contributed by atoms with Crippen LogP contribution in [0.1, 0.15) is 30.4 Å². The zero-order valence-electron chi connectivity index (χ0n) is 15.7. The van der Waals surface area contributed by atoms with Crippen LogP contribution in [0.3, 0.4) is 0 Å². The largest absolute Gasteiger partial charge is 0.357 e. The molecule has 1 aromatic carbocycles. The monoisotopic (exact) mass is 549 g/mol. The number of nitrogens with zero attached hydrogens (tertiary/aromatic N) is 4. The number of nitrogens with one attached hydrogen (secondary N) is 1. The standard InChI is InChI=1S/C19H25BrFN5.HI/c1-3-22-19(23-8-6-14-4-5-18(21)17(20)10-14)26-9-7-15(13-26)16-11-24-25(2)12-16;/h4-5,10-12,15H,3,6-9,13H2,1-2H3,(H,22,23);1H. The van der Waals surface area contributed by atoms with Crippen LogP contribution >= 0.6 is 39.9 Å². The number of halogens is 3. The van der Waals surface area contributed by atoms with Gasteiger partial charge in [0.15, 0.2) is 5.96 Å². The van der Waals surface area contributed by atoms with Gasteiger partial charge in [-0.15, -0.1) is 24.0 Å². The van der Waals surface area contributed by atoms with E-state index in [4.69, 9.17) is 4.99 Å². The highest BCUT2D eigenvalue weighted by atomic mass is 127. The van der Waals surface area contributed by atoms with Crippen LogP contribution in [0.5, 0.6) is 0 Å². The summed E-state index contributed by atoms with van der Waals surface area (Å²) in [6, 6.07) is 5.14. The Labute approximate surface area is 185 Å². The summed E-state index contributed by atoms with van der Waals surface area (Å²) in [5.74, 6) is 1.23. The fourth-order valence-corrected chi connectivity index (χ4v) is 3.71. The average Bonchev–Trinajstić information content (AvgIpc) is 3.26. The fraction of sp³-hybridized carbons (Fsp3) is 0.474. The first kappa shape index (κ1) is 22.1. The molecule has 0 radical (unpaired) electrons. The third-order valence-electron chi connectivity index (χ3n) is 4.66. The minimum Gasteiger partial charge on any atom is -0.357 e. The molecule has 1 saturated heterocycles. The number of aliphatic imine (C=N–C) groups is 1. The lowest BCUT2D eigenvalue weighted by Crippen LogP contribution is -2.40. The van der Waals surface area contributed by atoms with E-state index in [9.17, 15) is 4.39 Å². The summed E-state index contributed by atoms with van der Waals surface area (Å²) < 4.78 is 15.7. The van der Waals surface area contributed by atoms with E-state index in [0.29, 0.717) is 16.9 Å². The average molecular weight is 550 g/mol. The van der Waals surface area contributed by atoms with Crippen molar-refractivity contribution >= 4 is 45.9 Å². The van der Waals surface area contributed by atoms with E-state index >= 15 is 0 Å². The molecule has 0 bridgehead atoms. The van der Waals surface area contributed by atoms with Crippen LogP contribution < -0.4 is 5.32 Å². The smallest absolute Gasteiger partial charge is 0.193 e. The number of aryl methyl sites for hydroxylation is 1. The first-order chi connectivity index (χ1) is 12.6. The molecule has 2 aromatic rings. The quantitative estimate of drug-likeness (QED) is 0.349. The molecule has 1 atom stereocenters. The molecule has 1 aromatic heterocycles. The first-order valence-corrected chi connectivity index (χ1v) is 9.82. The molecule has 1 fully saturated rings. The van der Waals surface area contributed by atoms with Crippen molar-refractivity contribution in [3.8, 4) is 0 Å². The maximum absolute atomic E-state index is 13.3. The van der Waals surface area contributed by atoms with Crippen LogP contribution in [0.15, 0.2) is 40.1 Å². The maximum Gasteiger partial charge on any atom is 0.193 e. The normalized spacial score (nSPS) is 17.1. The maximum atomic E-state index is 13.3. The topological polar surface area (TPSA) is 45.5 Å². The lowest BCUT2D eigenvalue weighted by atomic mass is 10.0. The summed E-state index contributed by atoms with van der Waals surface area (Å²) in [4.78, 5) is 7.10. The molecular weight excluding hydrogens is 524 g/mol. The Morgan fingerprint density at radius 3 is 2.93 bits per heavy atom. The molecule has 2 heterocycles. The van der Waals surface area contributed by atoms with Gasteiger partial charge in [-0.2, -0.15) is 5.10 Å². The summed E-state index contributed by atoms with van der Waals surface area (Å²) in [6.45, 7) is 5.55. The minimum atomic E-state index is -0.232. The van der Waals surface area contributed by atoms with E-state index in [1.165, 1.54) is 11.6 Å². The van der Waals surface area contributed by atoms with Crippen molar-refractivity contribution in [1.29, 1.82) is 0 Å². The van der Waals surface area contributed by atoms with E-state index in [1.54, 1.807) is 0 Å². The van der Waals surface area contributed by atoms with Crippen LogP contribution in [0.2, 0.25) is 0 Å². The number of hydrogen-bond acceptors (Lipinski definition) is 2. The van der Waals surface area contributed by atoms with Gasteiger partial charge in [-0.25, -0.2) is 4.39 Å². The predicted octanol–water partition coefficient (Wildman–Crippen LogP) is 3.94. The van der Waals surface area contributed by atoms with Gasteiger partial charge in [-0.05, 0) is 59.0 Å². The van der Waals surface area contributed by atoms with E-state index in [2.05, 4.69) is 44.4 Å². The van der Waals surface area contributed by atoms with E-state index in [-0.39, 0.29) is 29.8 Å². The van der Waals surface area contributed by atoms with Crippen LogP contribution in [-0.4, -0.2) is 46.8 Å². The Hall–Kier alpha value is -1.16. The van der Waals surface area contributed by atoms with Crippen LogP contribution in [0.4, 0.5) is 4.39 Å². The van der Waals surface area contributed by atoms with Crippen molar-refractivity contribution in [2.45, 2.75) is 25.7 Å². The molecule has 8 heteroatoms. The van der Waals surface area contributed by atoms with Crippen molar-refractivity contribution in [3.05, 3.63) is 52.0 Å². The molecule has 3 rings (SSSR count). The first-order valence-electron chi connectivity index (χ1n) is 9.02. The SMILES string of the molecule is CCNC(=NCCc1ccc(F)c(Br)c1)N1CCC(c2cnn(C)c2)C1.I. The van der Waals surface area contributed by atoms with Crippen molar-refractivity contribution in [3.63, 3.8) is 0 Å². The van der Waals surface area contributed by atoms with Gasteiger partial charge in [0.1, 0.15) is 5.82 Å². The molecule has 1 aliphatic rings. The van der Waals surface area contributed by atoms with Crippen molar-refractivity contribution in [2.75, 3.05) is 26.2 Å². The Bertz CT molecular complexity index is 779. The molecule has 0 saturated carbocycles. The summed E-state index contributed by atoms with van der Waals surface area (Å²) in [5.41, 5.74) is 2.37. The lowest BCUT2D eigenvalue weighted by Gasteiger charge is -2.21. The Morgan fingerprint density at radius 1 is 1.44 bits per heavy atom. The molecule has 1 N–H and O–H groups in total. The molecule has 1 unspecified atom stereocenters. The number of benzene rings is 1. The molecule has 0 amide bonds. The second kappa shape index (κ2) is 10.4. The number of rotatable bonds is 5. The summed E-state index contributed by atoms with van der Waals surface area (Å²) in [6.07, 6.45) is 5.96. The third-order valence-corrected chi connectivity index (χ3v) is 5.27. The number of hydrogen-bond donors (Lipinski definition) is 1. The van der Waals surface area contributed by atoms with Gasteiger partial charge in [0.25, 0.3) is 0 Å². The van der Waals surface area contributed by atoms with Gasteiger partial charge in [-0.1, -0.05) is 6.07 Å². The second-order valence-electron chi connectivity index (χ2n) is 6.61. The summed E-state index contributed by atoms with van der Waals surface area (Å²) in [7, 11) is 1.95. The van der Waals surface area contributed by atoms with Gasteiger partial charge in [0.2, 0.25) is 0 Å². The van der Waals surface area contributed by atoms with Gasteiger partial charge in [0.05, 0.1) is 10.7 Å². The molecule has 5 nitrogen and oxygen atoms in total. The van der Waals surface area contributed by atoms with Crippen LogP contribution in [0.25, 0.3) is 0 Å². The number of likely N-dealkylation sites (tertiary alicyclic amines) is 1. The highest BCUT2D eigenvalue weighted by Crippen LogP contribution is 2.26. The molecule has 27 heavy (non-hydrogen) atoms. The van der Waals surface area contributed by atoms with Crippen LogP contribution in [-0.2, 0) is 13.5 Å². The van der Waals surface area contributed by atoms with Gasteiger partial charge in [0, 0.05) is 45.3 Å². The van der Waals surface area contributed by atoms with Crippen LogP contribution in [0, 0.1) is 5.82 Å². The van der Waals surface area contributed by atoms with E-state index in [1.807, 2.05) is 30.1 Å². The molecule has 0 aliphatic carbocycles. The second-order valence-corrected chi connectivity index (χ2v) is 7.47. The Kier molecular flexibility index (Phi) is 8.53. The molecular formula is C19H26BrFIN5. The molecule has 0 spiro atoms. The zero-order chi connectivity index (χ0) is 18.5. The zero-order valence-corrected chi connectivity index (χ0v) is 19.6. The Morgan fingerprint density at radius 2 is 2.26 bits per heavy atom. The highest BCUT2D eigenvalue weighted by molar-refractivity contribution is 14.0. The Balaban J connectivity index is 0.00000261. The van der Waals surface area contributed by atoms with Gasteiger partial charge < -0.3 is 10.2 Å². The van der Waals surface area contributed by atoms with E-state index < -0.39 is 0 Å². The number of guanidine groups is 1. The highest BCUT2D eigenvalue weighted by Gasteiger charge is 2.26. The predicted molar refractivity (Wildman–Crippen MR) is 121 cm³/mol. The summed E-state index contributed by atoms with van der Waals surface area (Å²) >= 11 is 3.24. The van der Waals surface area contributed by atoms with Crippen molar-refractivity contribution < 1.29 is 4.39 Å².